The molecule has 5 heteroatoms. The lowest BCUT2D eigenvalue weighted by Gasteiger charge is -2.33. The maximum absolute atomic E-state index is 7.72. The number of likely N-dealkylation sites (tertiary alicyclic amines) is 1. The van der Waals surface area contributed by atoms with Gasteiger partial charge in [0.2, 0.25) is 0 Å². The molecule has 3 rings (SSSR count). The molecule has 1 fully saturated rings. The molecule has 2 heterocycles. The number of aromatic amines is 1. The molecule has 1 saturated heterocycles. The lowest BCUT2D eigenvalue weighted by molar-refractivity contribution is 0.130. The van der Waals surface area contributed by atoms with Crippen molar-refractivity contribution in [3.05, 3.63) is 23.5 Å². The van der Waals surface area contributed by atoms with Crippen molar-refractivity contribution in [3.63, 3.8) is 0 Å². The number of nitrogens with one attached hydrogen (secondary N) is 2. The van der Waals surface area contributed by atoms with E-state index in [-0.39, 0.29) is 6.10 Å². The SMILES string of the molecule is CCCCc1nc2c(C)c(OC3CCN(C(C)=N)CC3)ccc2[nH]1. The van der Waals surface area contributed by atoms with Gasteiger partial charge in [-0.1, -0.05) is 13.3 Å². The summed E-state index contributed by atoms with van der Waals surface area (Å²) in [7, 11) is 0. The number of imidazole rings is 1. The summed E-state index contributed by atoms with van der Waals surface area (Å²) in [5, 5.41) is 7.72. The molecule has 0 amide bonds. The van der Waals surface area contributed by atoms with Crippen LogP contribution >= 0.6 is 0 Å². The van der Waals surface area contributed by atoms with E-state index in [0.717, 1.165) is 66.9 Å². The summed E-state index contributed by atoms with van der Waals surface area (Å²) in [6.45, 7) is 7.97. The Bertz CT molecular complexity index is 713. The van der Waals surface area contributed by atoms with Gasteiger partial charge in [-0.3, -0.25) is 5.41 Å². The van der Waals surface area contributed by atoms with Crippen LogP contribution in [-0.2, 0) is 6.42 Å². The van der Waals surface area contributed by atoms with Gasteiger partial charge in [0.15, 0.2) is 0 Å². The fourth-order valence-corrected chi connectivity index (χ4v) is 3.32. The number of ether oxygens (including phenoxy) is 1. The van der Waals surface area contributed by atoms with Gasteiger partial charge in [0, 0.05) is 37.9 Å². The number of benzene rings is 1. The van der Waals surface area contributed by atoms with Crippen molar-refractivity contribution in [2.24, 2.45) is 0 Å². The summed E-state index contributed by atoms with van der Waals surface area (Å²) in [4.78, 5) is 10.3. The Hall–Kier alpha value is -2.04. The van der Waals surface area contributed by atoms with Crippen LogP contribution in [0.2, 0.25) is 0 Å². The summed E-state index contributed by atoms with van der Waals surface area (Å²) >= 11 is 0. The second-order valence-electron chi connectivity index (χ2n) is 6.76. The highest BCUT2D eigenvalue weighted by atomic mass is 16.5. The maximum atomic E-state index is 7.72. The van der Waals surface area contributed by atoms with Gasteiger partial charge in [0.25, 0.3) is 0 Å². The predicted molar refractivity (Wildman–Crippen MR) is 98.1 cm³/mol. The number of amidine groups is 1. The Labute approximate surface area is 143 Å². The molecule has 130 valence electrons. The van der Waals surface area contributed by atoms with E-state index in [1.807, 2.05) is 6.92 Å². The molecule has 0 saturated carbocycles. The van der Waals surface area contributed by atoms with Crippen LogP contribution in [-0.4, -0.2) is 39.9 Å². The summed E-state index contributed by atoms with van der Waals surface area (Å²) in [6, 6.07) is 4.14. The first kappa shape index (κ1) is 16.8. The van der Waals surface area contributed by atoms with E-state index in [2.05, 4.69) is 35.9 Å². The summed E-state index contributed by atoms with van der Waals surface area (Å²) < 4.78 is 6.26. The van der Waals surface area contributed by atoms with Crippen LogP contribution in [0.25, 0.3) is 11.0 Å². The highest BCUT2D eigenvalue weighted by Crippen LogP contribution is 2.28. The molecule has 2 aromatic rings. The van der Waals surface area contributed by atoms with Crippen LogP contribution in [0.3, 0.4) is 0 Å². The third-order valence-corrected chi connectivity index (χ3v) is 4.88. The topological polar surface area (TPSA) is 65.0 Å². The predicted octanol–water partition coefficient (Wildman–Crippen LogP) is 4.05. The van der Waals surface area contributed by atoms with Gasteiger partial charge in [0.05, 0.1) is 16.9 Å². The number of aryl methyl sites for hydroxylation is 2. The van der Waals surface area contributed by atoms with E-state index in [1.54, 1.807) is 0 Å². The minimum atomic E-state index is 0.232. The molecular formula is C19H28N4O. The molecule has 1 aromatic carbocycles. The van der Waals surface area contributed by atoms with E-state index < -0.39 is 0 Å². The van der Waals surface area contributed by atoms with Gasteiger partial charge < -0.3 is 14.6 Å². The Morgan fingerprint density at radius 1 is 1.38 bits per heavy atom. The van der Waals surface area contributed by atoms with Gasteiger partial charge >= 0.3 is 0 Å². The summed E-state index contributed by atoms with van der Waals surface area (Å²) in [6.07, 6.45) is 5.51. The quantitative estimate of drug-likeness (QED) is 0.643. The second-order valence-corrected chi connectivity index (χ2v) is 6.76. The van der Waals surface area contributed by atoms with Crippen LogP contribution in [0.5, 0.6) is 5.75 Å². The number of piperidine rings is 1. The first-order valence-corrected chi connectivity index (χ1v) is 9.03. The molecule has 0 spiro atoms. The Kier molecular flexibility index (Phi) is 5.07. The Balaban J connectivity index is 1.71. The zero-order valence-corrected chi connectivity index (χ0v) is 15.0. The van der Waals surface area contributed by atoms with E-state index in [1.165, 1.54) is 6.42 Å². The number of rotatable bonds is 5. The molecule has 2 N–H and O–H groups in total. The zero-order valence-electron chi connectivity index (χ0n) is 15.0. The van der Waals surface area contributed by atoms with E-state index in [0.29, 0.717) is 5.84 Å². The van der Waals surface area contributed by atoms with Crippen LogP contribution in [0.4, 0.5) is 0 Å². The number of fused-ring (bicyclic) bond motifs is 1. The van der Waals surface area contributed by atoms with Crippen molar-refractivity contribution >= 4 is 16.9 Å². The van der Waals surface area contributed by atoms with Crippen LogP contribution in [0, 0.1) is 12.3 Å². The van der Waals surface area contributed by atoms with Crippen molar-refractivity contribution < 1.29 is 4.74 Å². The van der Waals surface area contributed by atoms with Crippen molar-refractivity contribution in [3.8, 4) is 5.75 Å². The van der Waals surface area contributed by atoms with E-state index in [9.17, 15) is 0 Å². The number of nitrogens with zero attached hydrogens (tertiary/aromatic N) is 2. The summed E-state index contributed by atoms with van der Waals surface area (Å²) in [5.74, 6) is 2.67. The highest BCUT2D eigenvalue weighted by molar-refractivity contribution is 5.81. The smallest absolute Gasteiger partial charge is 0.124 e. The van der Waals surface area contributed by atoms with Gasteiger partial charge in [-0.05, 0) is 32.4 Å². The fraction of sp³-hybridized carbons (Fsp3) is 0.579. The average Bonchev–Trinajstić information content (AvgIpc) is 3.00. The number of hydrogen-bond donors (Lipinski definition) is 2. The number of aromatic nitrogens is 2. The Morgan fingerprint density at radius 2 is 2.12 bits per heavy atom. The number of unbranched alkanes of at least 4 members (excludes halogenated alkanes) is 1. The van der Waals surface area contributed by atoms with Gasteiger partial charge in [0.1, 0.15) is 17.7 Å². The standard InChI is InChI=1S/C19H28N4O/c1-4-5-6-18-21-16-7-8-17(13(2)19(16)22-18)24-15-9-11-23(12-10-15)14(3)20/h7-8,15,20H,4-6,9-12H2,1-3H3,(H,21,22). The van der Waals surface area contributed by atoms with Gasteiger partial charge in [-0.25, -0.2) is 4.98 Å². The van der Waals surface area contributed by atoms with Gasteiger partial charge in [-0.15, -0.1) is 0 Å². The number of hydrogen-bond acceptors (Lipinski definition) is 3. The normalized spacial score (nSPS) is 15.9. The zero-order chi connectivity index (χ0) is 17.1. The van der Waals surface area contributed by atoms with Crippen molar-refractivity contribution in [1.82, 2.24) is 14.9 Å². The lowest BCUT2D eigenvalue weighted by Crippen LogP contribution is -2.40. The molecule has 5 nitrogen and oxygen atoms in total. The fourth-order valence-electron chi connectivity index (χ4n) is 3.32. The third kappa shape index (κ3) is 3.55. The van der Waals surface area contributed by atoms with E-state index >= 15 is 0 Å². The minimum absolute atomic E-state index is 0.232. The Morgan fingerprint density at radius 3 is 2.79 bits per heavy atom. The molecule has 0 aliphatic carbocycles. The molecule has 0 atom stereocenters. The third-order valence-electron chi connectivity index (χ3n) is 4.88. The molecule has 1 aliphatic rings. The molecule has 1 aromatic heterocycles. The lowest BCUT2D eigenvalue weighted by atomic mass is 10.1. The average molecular weight is 328 g/mol. The van der Waals surface area contributed by atoms with E-state index in [4.69, 9.17) is 15.1 Å². The molecule has 1 aliphatic heterocycles. The highest BCUT2D eigenvalue weighted by Gasteiger charge is 2.21. The first-order chi connectivity index (χ1) is 11.6. The minimum Gasteiger partial charge on any atom is -0.490 e. The summed E-state index contributed by atoms with van der Waals surface area (Å²) in [5.41, 5.74) is 3.25. The van der Waals surface area contributed by atoms with Gasteiger partial charge in [-0.2, -0.15) is 0 Å². The van der Waals surface area contributed by atoms with Crippen LogP contribution in [0.15, 0.2) is 12.1 Å². The molecule has 0 radical (unpaired) electrons. The van der Waals surface area contributed by atoms with Crippen molar-refractivity contribution in [1.29, 1.82) is 5.41 Å². The van der Waals surface area contributed by atoms with Crippen molar-refractivity contribution in [2.75, 3.05) is 13.1 Å². The van der Waals surface area contributed by atoms with Crippen LogP contribution < -0.4 is 4.74 Å². The second kappa shape index (κ2) is 7.24. The van der Waals surface area contributed by atoms with Crippen LogP contribution in [0.1, 0.15) is 50.9 Å². The van der Waals surface area contributed by atoms with Crippen molar-refractivity contribution in [2.45, 2.75) is 59.0 Å². The maximum Gasteiger partial charge on any atom is 0.124 e. The molecule has 0 bridgehead atoms. The molecule has 0 unspecified atom stereocenters. The number of H-pyrrole nitrogens is 1. The molecule has 24 heavy (non-hydrogen) atoms. The molecular weight excluding hydrogens is 300 g/mol. The monoisotopic (exact) mass is 328 g/mol. The largest absolute Gasteiger partial charge is 0.490 e. The first-order valence-electron chi connectivity index (χ1n) is 9.03.